The van der Waals surface area contributed by atoms with Gasteiger partial charge >= 0.3 is 0 Å². The fourth-order valence-corrected chi connectivity index (χ4v) is 3.19. The predicted molar refractivity (Wildman–Crippen MR) is 90.5 cm³/mol. The third-order valence-electron chi connectivity index (χ3n) is 3.13. The first-order valence-corrected chi connectivity index (χ1v) is 9.17. The Labute approximate surface area is 138 Å². The van der Waals surface area contributed by atoms with E-state index in [-0.39, 0.29) is 4.90 Å². The molecule has 0 saturated carbocycles. The summed E-state index contributed by atoms with van der Waals surface area (Å²) in [5.74, 6) is 0.520. The van der Waals surface area contributed by atoms with Crippen molar-refractivity contribution in [3.05, 3.63) is 59.6 Å². The van der Waals surface area contributed by atoms with Crippen LogP contribution in [-0.4, -0.2) is 18.4 Å². The van der Waals surface area contributed by atoms with E-state index in [0.717, 1.165) is 16.1 Å². The molecule has 0 bridgehead atoms. The highest BCUT2D eigenvalue weighted by molar-refractivity contribution is 7.89. The molecule has 0 amide bonds. The molecule has 0 aliphatic rings. The number of nitrogens with two attached hydrogens (primary N) is 1. The molecule has 0 fully saturated rings. The van der Waals surface area contributed by atoms with E-state index in [2.05, 4.69) is 15.3 Å². The van der Waals surface area contributed by atoms with Gasteiger partial charge in [-0.05, 0) is 35.2 Å². The molecule has 0 aliphatic heterocycles. The molecule has 3 N–H and O–H groups in total. The molecule has 3 aromatic rings. The second-order valence-corrected chi connectivity index (χ2v) is 7.29. The van der Waals surface area contributed by atoms with Gasteiger partial charge in [0.15, 0.2) is 0 Å². The van der Waals surface area contributed by atoms with Crippen molar-refractivity contribution in [2.75, 3.05) is 5.32 Å². The standard InChI is InChI=1S/C15H14N4O2S2/c16-23(20,21)12-5-3-11(4-6-12)10-18-15-17-8-7-13(19-15)14-2-1-9-22-14/h1-9H,10H2,(H2,16,20,21)(H,17,18,19). The lowest BCUT2D eigenvalue weighted by Crippen LogP contribution is -2.12. The fourth-order valence-electron chi connectivity index (χ4n) is 1.98. The summed E-state index contributed by atoms with van der Waals surface area (Å²) in [6.45, 7) is 0.485. The van der Waals surface area contributed by atoms with Crippen LogP contribution in [0.4, 0.5) is 5.95 Å². The second-order valence-electron chi connectivity index (χ2n) is 4.79. The van der Waals surface area contributed by atoms with Crippen molar-refractivity contribution in [2.45, 2.75) is 11.4 Å². The number of hydrogen-bond donors (Lipinski definition) is 2. The van der Waals surface area contributed by atoms with E-state index in [0.29, 0.717) is 12.5 Å². The van der Waals surface area contributed by atoms with E-state index >= 15 is 0 Å². The monoisotopic (exact) mass is 346 g/mol. The van der Waals surface area contributed by atoms with Gasteiger partial charge in [-0.1, -0.05) is 18.2 Å². The van der Waals surface area contributed by atoms with Crippen molar-refractivity contribution >= 4 is 27.3 Å². The number of anilines is 1. The number of primary sulfonamides is 1. The number of nitrogens with one attached hydrogen (secondary N) is 1. The molecule has 0 atom stereocenters. The smallest absolute Gasteiger partial charge is 0.238 e. The third-order valence-corrected chi connectivity index (χ3v) is 4.95. The fraction of sp³-hybridized carbons (Fsp3) is 0.0667. The van der Waals surface area contributed by atoms with Crippen molar-refractivity contribution in [1.82, 2.24) is 9.97 Å². The normalized spacial score (nSPS) is 11.3. The third kappa shape index (κ3) is 3.92. The minimum absolute atomic E-state index is 0.0946. The zero-order valence-corrected chi connectivity index (χ0v) is 13.6. The van der Waals surface area contributed by atoms with Gasteiger partial charge in [0.05, 0.1) is 15.5 Å². The first kappa shape index (κ1) is 15.6. The summed E-state index contributed by atoms with van der Waals surface area (Å²) in [5, 5.41) is 10.2. The summed E-state index contributed by atoms with van der Waals surface area (Å²) in [6.07, 6.45) is 1.70. The quantitative estimate of drug-likeness (QED) is 0.739. The summed E-state index contributed by atoms with van der Waals surface area (Å²) < 4.78 is 22.4. The van der Waals surface area contributed by atoms with E-state index in [1.54, 1.807) is 29.7 Å². The number of thiophene rings is 1. The molecular weight excluding hydrogens is 332 g/mol. The maximum atomic E-state index is 11.2. The Bertz CT molecular complexity index is 891. The molecule has 0 saturated heterocycles. The van der Waals surface area contributed by atoms with Crippen LogP contribution in [0.5, 0.6) is 0 Å². The molecule has 0 radical (unpaired) electrons. The molecule has 8 heteroatoms. The molecule has 0 spiro atoms. The highest BCUT2D eigenvalue weighted by atomic mass is 32.2. The van der Waals surface area contributed by atoms with Gasteiger partial charge in [0.2, 0.25) is 16.0 Å². The van der Waals surface area contributed by atoms with Gasteiger partial charge in [-0.3, -0.25) is 0 Å². The van der Waals surface area contributed by atoms with Crippen LogP contribution >= 0.6 is 11.3 Å². The van der Waals surface area contributed by atoms with Crippen LogP contribution < -0.4 is 10.5 Å². The number of rotatable bonds is 5. The lowest BCUT2D eigenvalue weighted by molar-refractivity contribution is 0.598. The van der Waals surface area contributed by atoms with Gasteiger partial charge in [0.25, 0.3) is 0 Å². The number of sulfonamides is 1. The van der Waals surface area contributed by atoms with Crippen molar-refractivity contribution in [3.63, 3.8) is 0 Å². The van der Waals surface area contributed by atoms with Crippen LogP contribution in [0.1, 0.15) is 5.56 Å². The van der Waals surface area contributed by atoms with Crippen molar-refractivity contribution in [1.29, 1.82) is 0 Å². The maximum absolute atomic E-state index is 11.2. The Morgan fingerprint density at radius 2 is 1.91 bits per heavy atom. The number of hydrogen-bond acceptors (Lipinski definition) is 6. The molecule has 6 nitrogen and oxygen atoms in total. The van der Waals surface area contributed by atoms with Crippen molar-refractivity contribution in [3.8, 4) is 10.6 Å². The zero-order valence-electron chi connectivity index (χ0n) is 12.0. The van der Waals surface area contributed by atoms with E-state index in [1.165, 1.54) is 12.1 Å². The van der Waals surface area contributed by atoms with Crippen LogP contribution in [0.25, 0.3) is 10.6 Å². The molecule has 0 aliphatic carbocycles. The number of benzene rings is 1. The van der Waals surface area contributed by atoms with Gasteiger partial charge in [-0.15, -0.1) is 11.3 Å². The van der Waals surface area contributed by atoms with Crippen LogP contribution in [-0.2, 0) is 16.6 Å². The molecule has 2 aromatic heterocycles. The Morgan fingerprint density at radius 3 is 2.57 bits per heavy atom. The van der Waals surface area contributed by atoms with Crippen molar-refractivity contribution < 1.29 is 8.42 Å². The average molecular weight is 346 g/mol. The van der Waals surface area contributed by atoms with E-state index in [1.807, 2.05) is 23.6 Å². The largest absolute Gasteiger partial charge is 0.350 e. The first-order chi connectivity index (χ1) is 11.0. The Balaban J connectivity index is 1.70. The van der Waals surface area contributed by atoms with Gasteiger partial charge in [-0.25, -0.2) is 23.5 Å². The first-order valence-electron chi connectivity index (χ1n) is 6.75. The maximum Gasteiger partial charge on any atom is 0.238 e. The van der Waals surface area contributed by atoms with Gasteiger partial charge in [0.1, 0.15) is 0 Å². The molecule has 118 valence electrons. The topological polar surface area (TPSA) is 98.0 Å². The van der Waals surface area contributed by atoms with E-state index in [4.69, 9.17) is 5.14 Å². The second kappa shape index (κ2) is 6.45. The molecule has 3 rings (SSSR count). The van der Waals surface area contributed by atoms with Crippen LogP contribution in [0.3, 0.4) is 0 Å². The van der Waals surface area contributed by atoms with Crippen LogP contribution in [0.2, 0.25) is 0 Å². The molecular formula is C15H14N4O2S2. The summed E-state index contributed by atoms with van der Waals surface area (Å²) in [7, 11) is -3.66. The summed E-state index contributed by atoms with van der Waals surface area (Å²) in [6, 6.07) is 12.2. The predicted octanol–water partition coefficient (Wildman–Crippen LogP) is 2.46. The Hall–Kier alpha value is -2.29. The van der Waals surface area contributed by atoms with Gasteiger partial charge in [-0.2, -0.15) is 0 Å². The van der Waals surface area contributed by atoms with E-state index < -0.39 is 10.0 Å². The number of nitrogens with zero attached hydrogens (tertiary/aromatic N) is 2. The molecule has 23 heavy (non-hydrogen) atoms. The Morgan fingerprint density at radius 1 is 1.13 bits per heavy atom. The van der Waals surface area contributed by atoms with Crippen LogP contribution in [0, 0.1) is 0 Å². The molecule has 2 heterocycles. The lowest BCUT2D eigenvalue weighted by atomic mass is 10.2. The minimum Gasteiger partial charge on any atom is -0.350 e. The SMILES string of the molecule is NS(=O)(=O)c1ccc(CNc2nccc(-c3cccs3)n2)cc1. The minimum atomic E-state index is -3.66. The Kier molecular flexibility index (Phi) is 4.37. The average Bonchev–Trinajstić information content (AvgIpc) is 3.07. The number of aromatic nitrogens is 2. The molecule has 0 unspecified atom stereocenters. The highest BCUT2D eigenvalue weighted by Gasteiger charge is 2.07. The van der Waals surface area contributed by atoms with Crippen LogP contribution in [0.15, 0.2) is 58.9 Å². The zero-order chi connectivity index (χ0) is 16.3. The lowest BCUT2D eigenvalue weighted by Gasteiger charge is -2.06. The summed E-state index contributed by atoms with van der Waals surface area (Å²) in [4.78, 5) is 9.82. The summed E-state index contributed by atoms with van der Waals surface area (Å²) in [5.41, 5.74) is 1.77. The van der Waals surface area contributed by atoms with Crippen molar-refractivity contribution in [2.24, 2.45) is 5.14 Å². The summed E-state index contributed by atoms with van der Waals surface area (Å²) >= 11 is 1.62. The van der Waals surface area contributed by atoms with Gasteiger partial charge in [0, 0.05) is 12.7 Å². The molecule has 1 aromatic carbocycles. The van der Waals surface area contributed by atoms with E-state index in [9.17, 15) is 8.42 Å². The highest BCUT2D eigenvalue weighted by Crippen LogP contribution is 2.22. The van der Waals surface area contributed by atoms with Gasteiger partial charge < -0.3 is 5.32 Å².